The van der Waals surface area contributed by atoms with Gasteiger partial charge in [-0.25, -0.2) is 23.1 Å². The largest absolute Gasteiger partial charge is 0.505 e. The number of furan rings is 3. The fourth-order valence-electron chi connectivity index (χ4n) is 15.0. The Labute approximate surface area is 877 Å². The molecule has 0 unspecified atom stereocenters. The number of nitrogens with one attached hydrogen (secondary N) is 10. The number of hydrogen-bond donors (Lipinski definition) is 15. The Balaban J connectivity index is 0.000000178. The third kappa shape index (κ3) is 28.6. The number of phenols is 5. The molecule has 15 N–H and O–H groups in total. The van der Waals surface area contributed by atoms with Gasteiger partial charge in [-0.15, -0.1) is 22.7 Å². The lowest BCUT2D eigenvalue weighted by atomic mass is 9.85. The number of para-hydroxylation sites is 5. The lowest BCUT2D eigenvalue weighted by Gasteiger charge is -2.30. The van der Waals surface area contributed by atoms with Crippen molar-refractivity contribution in [2.45, 2.75) is 174 Å². The second kappa shape index (κ2) is 49.3. The summed E-state index contributed by atoms with van der Waals surface area (Å²) in [6.07, 6.45) is 2.62. The second-order valence-corrected chi connectivity index (χ2v) is 43.0. The minimum absolute atomic E-state index is 0.0288. The molecule has 15 rings (SSSR count). The number of benzene rings is 5. The van der Waals surface area contributed by atoms with Crippen molar-refractivity contribution in [3.8, 4) is 28.7 Å². The molecular weight excluding hydrogens is 1960 g/mol. The van der Waals surface area contributed by atoms with E-state index >= 15 is 0 Å². The van der Waals surface area contributed by atoms with Crippen LogP contribution in [0.15, 0.2) is 182 Å². The predicted molar refractivity (Wildman–Crippen MR) is 576 cm³/mol. The number of rotatable bonds is 33. The van der Waals surface area contributed by atoms with Crippen molar-refractivity contribution in [1.82, 2.24) is 76.1 Å². The number of aromatic nitrogens is 10. The normalized spacial score (nSPS) is 12.3. The van der Waals surface area contributed by atoms with Crippen molar-refractivity contribution in [1.29, 1.82) is 0 Å². The highest BCUT2D eigenvalue weighted by molar-refractivity contribution is 7.12. The molecule has 5 atom stereocenters. The van der Waals surface area contributed by atoms with Gasteiger partial charge in [-0.05, 0) is 241 Å². The summed E-state index contributed by atoms with van der Waals surface area (Å²) in [5.74, 6) is 5.57. The summed E-state index contributed by atoms with van der Waals surface area (Å²) < 4.78 is 42.2. The minimum atomic E-state index is -0.311. The molecule has 43 nitrogen and oxygen atoms in total. The van der Waals surface area contributed by atoms with E-state index in [1.54, 1.807) is 190 Å². The average Bonchev–Trinajstić information content (AvgIpc) is 1.63. The second-order valence-electron chi connectivity index (χ2n) is 40.4. The SMILES string of the molecule is CC(C)c1coc([C@H](Nc2nonc2Nc2cccc(C(=O)N(C)C)c2O)C(C)(C)C)c1.CC[C@@H](Nc1nonc1Nc1cccc(C(=O)N(C)C)c1O)c1ccc(C)s1.Cc1cc([C@H](Nc2nonc2Nc2cccc(C(=O)N(C)C)c2O)C(C)C)oc1C.Cc1ccc([C@H](Nc2nonc2Nc2cccc(C(=O)N(C)C)c2O)C(C)(C)C)o1.Cc1ccc([C@H](Nc2nonc2Nc2cccc(C(=O)N(C)C)c2O)C(C)(C)C)s1. The van der Waals surface area contributed by atoms with Crippen molar-refractivity contribution < 1.29 is 85.9 Å². The quantitative estimate of drug-likeness (QED) is 0.0170. The van der Waals surface area contributed by atoms with Crippen molar-refractivity contribution in [2.75, 3.05) is 124 Å². The van der Waals surface area contributed by atoms with Crippen molar-refractivity contribution >= 4 is 139 Å². The summed E-state index contributed by atoms with van der Waals surface area (Å²) in [6, 6.07) is 40.0. The zero-order valence-corrected chi connectivity index (χ0v) is 91.3. The molecular formula is C105H135N25O18S2. The fourth-order valence-corrected chi connectivity index (χ4v) is 17.2. The van der Waals surface area contributed by atoms with Crippen LogP contribution < -0.4 is 53.2 Å². The van der Waals surface area contributed by atoms with Crippen LogP contribution in [0.25, 0.3) is 0 Å². The Morgan fingerprint density at radius 1 is 0.347 bits per heavy atom. The molecule has 0 saturated carbocycles. The molecule has 800 valence electrons. The molecule has 0 spiro atoms. The molecule has 0 radical (unpaired) electrons. The average molecular weight is 2100 g/mol. The van der Waals surface area contributed by atoms with E-state index in [4.69, 9.17) is 36.4 Å². The Kier molecular flexibility index (Phi) is 37.3. The summed E-state index contributed by atoms with van der Waals surface area (Å²) in [5.41, 5.74) is 4.17. The van der Waals surface area contributed by atoms with Gasteiger partial charge in [-0.3, -0.25) is 24.0 Å². The van der Waals surface area contributed by atoms with Gasteiger partial charge in [0.05, 0.1) is 92.7 Å². The van der Waals surface area contributed by atoms with Crippen LogP contribution >= 0.6 is 22.7 Å². The molecule has 0 saturated heterocycles. The van der Waals surface area contributed by atoms with E-state index in [-0.39, 0.29) is 156 Å². The first-order valence-corrected chi connectivity index (χ1v) is 49.7. The molecule has 5 aromatic carbocycles. The number of nitrogens with zero attached hydrogens (tertiary/aromatic N) is 15. The zero-order chi connectivity index (χ0) is 110. The maximum Gasteiger partial charge on any atom is 0.257 e. The molecule has 0 fully saturated rings. The maximum atomic E-state index is 12.3. The van der Waals surface area contributed by atoms with Gasteiger partial charge in [0.2, 0.25) is 58.2 Å². The van der Waals surface area contributed by atoms with Crippen molar-refractivity contribution in [3.63, 3.8) is 0 Å². The van der Waals surface area contributed by atoms with Crippen LogP contribution in [-0.2, 0) is 0 Å². The highest BCUT2D eigenvalue weighted by Crippen LogP contribution is 2.47. The lowest BCUT2D eigenvalue weighted by Crippen LogP contribution is -2.26. The number of phenolic OH excluding ortho intramolecular Hbond substituents is 5. The Bertz CT molecular complexity index is 6880. The number of carbonyl (C=O) groups excluding carboxylic acids is 5. The van der Waals surface area contributed by atoms with Crippen LogP contribution in [0.4, 0.5) is 86.6 Å². The minimum Gasteiger partial charge on any atom is -0.505 e. The van der Waals surface area contributed by atoms with Gasteiger partial charge >= 0.3 is 0 Å². The van der Waals surface area contributed by atoms with Gasteiger partial charge in [-0.2, -0.15) is 0 Å². The zero-order valence-electron chi connectivity index (χ0n) is 89.7. The van der Waals surface area contributed by atoms with Crippen LogP contribution in [0.1, 0.15) is 251 Å². The lowest BCUT2D eigenvalue weighted by molar-refractivity contribution is 0.0817. The van der Waals surface area contributed by atoms with E-state index < -0.39 is 0 Å². The first-order chi connectivity index (χ1) is 70.7. The van der Waals surface area contributed by atoms with Crippen LogP contribution in [0.5, 0.6) is 28.7 Å². The third-order valence-electron chi connectivity index (χ3n) is 23.5. The van der Waals surface area contributed by atoms with E-state index in [1.165, 1.54) is 44.0 Å². The first kappa shape index (κ1) is 114. The summed E-state index contributed by atoms with van der Waals surface area (Å²) in [5, 5.41) is 124. The predicted octanol–water partition coefficient (Wildman–Crippen LogP) is 22.6. The van der Waals surface area contributed by atoms with Gasteiger partial charge in [0.25, 0.3) is 29.5 Å². The number of hydrogen-bond acceptors (Lipinski definition) is 40. The van der Waals surface area contributed by atoms with Gasteiger partial charge in [-0.1, -0.05) is 127 Å². The van der Waals surface area contributed by atoms with E-state index in [0.29, 0.717) is 75.1 Å². The van der Waals surface area contributed by atoms with Crippen molar-refractivity contribution in [2.24, 2.45) is 22.2 Å². The highest BCUT2D eigenvalue weighted by atomic mass is 32.1. The summed E-state index contributed by atoms with van der Waals surface area (Å²) >= 11 is 3.44. The maximum absolute atomic E-state index is 12.3. The Morgan fingerprint density at radius 2 is 0.647 bits per heavy atom. The number of aromatic hydroxyl groups is 5. The van der Waals surface area contributed by atoms with Crippen LogP contribution in [0, 0.1) is 56.8 Å². The van der Waals surface area contributed by atoms with E-state index in [0.717, 1.165) is 46.3 Å². The Hall–Kier alpha value is -16.6. The smallest absolute Gasteiger partial charge is 0.257 e. The third-order valence-corrected chi connectivity index (χ3v) is 25.6. The van der Waals surface area contributed by atoms with Crippen LogP contribution in [-0.4, -0.2) is 202 Å². The molecule has 0 aliphatic carbocycles. The standard InChI is InChI=1S/C23H31N5O4.2C21H27N5O4.C21H27N5O3S.C19H23N5O3S/c1-13(2)14-11-17(31-12-14)19(23(3,4)5)25-21-20(26-32-27-21)24-16-10-8-9-15(18(16)29)22(30)28(6)7;1-12-10-11-15(29-12)17(21(2,3)4)23-19-18(24-30-25-19)22-14-9-7-8-13(16(14)27)20(28)26(5)6;1-11(2)17(16-10-12(3)13(4)29-16)23-20-19(24-30-25-20)22-15-9-7-8-14(18(15)27)21(28)26(5)6;1-12-10-11-15(30-12)17(21(2,3)4)23-19-18(24-29-25-19)22-14-9-7-8-13(16(14)27)20(28)26(5)6;1-5-13(15-10-9-11(2)28-15)20-17-18(23-27-22-17)21-14-8-6-7-12(16(14)25)19(26)24(3)4/h8-13,19,29H,1-7H3,(H,24,26)(H,25,27);3*7-11,17,27H,1-6H3,(H,22,24)(H,23,25);6-10,13,25H,5H2,1-4H3,(H,20,22)(H,21,23)/t19-;3*17-;13-/m00101/s1. The van der Waals surface area contributed by atoms with E-state index in [1.807, 2.05) is 45.0 Å². The van der Waals surface area contributed by atoms with Gasteiger partial charge in [0, 0.05) is 90.0 Å². The number of aryl methyl sites for hydroxylation is 5. The first-order valence-electron chi connectivity index (χ1n) is 48.1. The molecule has 0 bridgehead atoms. The molecule has 10 heterocycles. The fraction of sp³-hybridized carbons (Fsp3) is 0.381. The highest BCUT2D eigenvalue weighted by Gasteiger charge is 2.37. The molecule has 150 heavy (non-hydrogen) atoms. The molecule has 15 aromatic rings. The molecule has 0 aliphatic heterocycles. The Morgan fingerprint density at radius 3 is 0.907 bits per heavy atom. The van der Waals surface area contributed by atoms with Crippen LogP contribution in [0.3, 0.4) is 0 Å². The van der Waals surface area contributed by atoms with Gasteiger partial charge in [0.1, 0.15) is 28.8 Å². The summed E-state index contributed by atoms with van der Waals surface area (Å²) in [7, 11) is 16.2. The summed E-state index contributed by atoms with van der Waals surface area (Å²) in [6.45, 7) is 39.3. The summed E-state index contributed by atoms with van der Waals surface area (Å²) in [4.78, 5) is 73.2. The monoisotopic (exact) mass is 2100 g/mol. The number of amides is 5. The number of carbonyl (C=O) groups is 5. The topological polar surface area (TPSA) is 557 Å². The van der Waals surface area contributed by atoms with E-state index in [2.05, 4.69) is 240 Å². The van der Waals surface area contributed by atoms with Crippen LogP contribution in [0.2, 0.25) is 0 Å². The van der Waals surface area contributed by atoms with Gasteiger partial charge < -0.3 is 116 Å². The molecule has 5 amide bonds. The number of thiophene rings is 2. The van der Waals surface area contributed by atoms with Gasteiger partial charge in [0.15, 0.2) is 28.7 Å². The van der Waals surface area contributed by atoms with E-state index in [9.17, 15) is 49.5 Å². The molecule has 10 aromatic heterocycles. The molecule has 0 aliphatic rings. The molecule has 45 heteroatoms. The van der Waals surface area contributed by atoms with Crippen molar-refractivity contribution in [3.05, 3.63) is 233 Å². The number of anilines is 15.